The third-order valence-electron chi connectivity index (χ3n) is 3.73. The summed E-state index contributed by atoms with van der Waals surface area (Å²) in [7, 11) is 0. The number of benzene rings is 2. The summed E-state index contributed by atoms with van der Waals surface area (Å²) >= 11 is 1.34. The molecule has 3 aromatic rings. The first-order chi connectivity index (χ1) is 12.1. The van der Waals surface area contributed by atoms with Crippen molar-refractivity contribution in [3.8, 4) is 11.3 Å². The quantitative estimate of drug-likeness (QED) is 0.699. The summed E-state index contributed by atoms with van der Waals surface area (Å²) in [5.74, 6) is -0.0246. The van der Waals surface area contributed by atoms with Gasteiger partial charge in [0.15, 0.2) is 0 Å². The van der Waals surface area contributed by atoms with E-state index in [1.165, 1.54) is 11.8 Å². The van der Waals surface area contributed by atoms with Crippen LogP contribution in [0.5, 0.6) is 0 Å². The fourth-order valence-corrected chi connectivity index (χ4v) is 3.02. The van der Waals surface area contributed by atoms with Gasteiger partial charge in [0.25, 0.3) is 5.91 Å². The first-order valence-corrected chi connectivity index (χ1v) is 8.96. The van der Waals surface area contributed by atoms with E-state index >= 15 is 0 Å². The third kappa shape index (κ3) is 3.83. The van der Waals surface area contributed by atoms with Crippen molar-refractivity contribution in [2.45, 2.75) is 11.8 Å². The summed E-state index contributed by atoms with van der Waals surface area (Å²) in [5, 5.41) is 2.75. The predicted octanol–water partition coefficient (Wildman–Crippen LogP) is 4.59. The Kier molecular flexibility index (Phi) is 5.05. The lowest BCUT2D eigenvalue weighted by Gasteiger charge is -2.09. The number of nitrogens with one attached hydrogen (secondary N) is 1. The number of anilines is 1. The molecule has 126 valence electrons. The van der Waals surface area contributed by atoms with Gasteiger partial charge in [0.05, 0.1) is 0 Å². The van der Waals surface area contributed by atoms with Crippen LogP contribution in [0.15, 0.2) is 74.8 Å². The van der Waals surface area contributed by atoms with E-state index in [1.54, 1.807) is 18.2 Å². The van der Waals surface area contributed by atoms with Crippen LogP contribution in [-0.2, 0) is 0 Å². The monoisotopic (exact) mass is 351 g/mol. The summed E-state index contributed by atoms with van der Waals surface area (Å²) in [5.41, 5.74) is 1.90. The normalized spacial score (nSPS) is 10.5. The number of rotatable bonds is 4. The second kappa shape index (κ2) is 7.40. The number of aryl methyl sites for hydroxylation is 1. The van der Waals surface area contributed by atoms with Gasteiger partial charge in [0.2, 0.25) is 0 Å². The molecule has 4 nitrogen and oxygen atoms in total. The Balaban J connectivity index is 1.97. The van der Waals surface area contributed by atoms with E-state index in [0.717, 1.165) is 11.1 Å². The molecule has 1 N–H and O–H groups in total. The maximum absolute atomic E-state index is 12.6. The molecule has 2 aromatic carbocycles. The first-order valence-electron chi connectivity index (χ1n) is 7.74. The van der Waals surface area contributed by atoms with E-state index in [4.69, 9.17) is 4.42 Å². The molecule has 0 fully saturated rings. The summed E-state index contributed by atoms with van der Waals surface area (Å²) in [6.45, 7) is 1.97. The molecular weight excluding hydrogens is 334 g/mol. The highest BCUT2D eigenvalue weighted by atomic mass is 32.2. The Morgan fingerprint density at radius 3 is 2.36 bits per heavy atom. The number of thioether (sulfide) groups is 1. The van der Waals surface area contributed by atoms with Gasteiger partial charge in [-0.05, 0) is 31.4 Å². The number of amides is 1. The zero-order valence-electron chi connectivity index (χ0n) is 13.9. The Labute approximate surface area is 149 Å². The Morgan fingerprint density at radius 1 is 1.04 bits per heavy atom. The smallest absolute Gasteiger partial charge is 0.350 e. The SMILES string of the molecule is CSc1cc(-c2ccccc2)oc(=O)c1C(=O)Nc1ccc(C)cc1. The molecule has 0 atom stereocenters. The average molecular weight is 351 g/mol. The maximum Gasteiger partial charge on any atom is 0.350 e. The molecular formula is C20H17NO3S. The van der Waals surface area contributed by atoms with Gasteiger partial charge in [-0.1, -0.05) is 48.0 Å². The summed E-state index contributed by atoms with van der Waals surface area (Å²) in [4.78, 5) is 25.6. The molecule has 0 saturated carbocycles. The van der Waals surface area contributed by atoms with Crippen molar-refractivity contribution in [3.05, 3.63) is 82.2 Å². The zero-order valence-corrected chi connectivity index (χ0v) is 14.7. The summed E-state index contributed by atoms with van der Waals surface area (Å²) in [6.07, 6.45) is 1.83. The second-order valence-electron chi connectivity index (χ2n) is 5.53. The van der Waals surface area contributed by atoms with Gasteiger partial charge >= 0.3 is 5.63 Å². The second-order valence-corrected chi connectivity index (χ2v) is 6.38. The highest BCUT2D eigenvalue weighted by Gasteiger charge is 2.19. The van der Waals surface area contributed by atoms with Gasteiger partial charge in [-0.3, -0.25) is 4.79 Å². The molecule has 1 heterocycles. The Hall–Kier alpha value is -2.79. The van der Waals surface area contributed by atoms with Gasteiger partial charge in [-0.15, -0.1) is 11.8 Å². The standard InChI is InChI=1S/C20H17NO3S/c1-13-8-10-15(11-9-13)21-19(22)18-17(25-2)12-16(24-20(18)23)14-6-4-3-5-7-14/h3-12H,1-2H3,(H,21,22). The van der Waals surface area contributed by atoms with Gasteiger partial charge in [-0.25, -0.2) is 4.79 Å². The van der Waals surface area contributed by atoms with Crippen LogP contribution in [0.25, 0.3) is 11.3 Å². The minimum absolute atomic E-state index is 0.0211. The summed E-state index contributed by atoms with van der Waals surface area (Å²) < 4.78 is 5.39. The molecule has 1 amide bonds. The number of hydrogen-bond donors (Lipinski definition) is 1. The predicted molar refractivity (Wildman–Crippen MR) is 101 cm³/mol. The minimum Gasteiger partial charge on any atom is -0.422 e. The number of carbonyl (C=O) groups is 1. The number of hydrogen-bond acceptors (Lipinski definition) is 4. The van der Waals surface area contributed by atoms with E-state index in [2.05, 4.69) is 5.32 Å². The van der Waals surface area contributed by atoms with E-state index in [-0.39, 0.29) is 5.56 Å². The lowest BCUT2D eigenvalue weighted by molar-refractivity contribution is 0.102. The van der Waals surface area contributed by atoms with Crippen molar-refractivity contribution < 1.29 is 9.21 Å². The van der Waals surface area contributed by atoms with Crippen LogP contribution in [-0.4, -0.2) is 12.2 Å². The molecule has 0 aliphatic carbocycles. The van der Waals surface area contributed by atoms with E-state index in [0.29, 0.717) is 16.3 Å². The molecule has 0 bridgehead atoms. The molecule has 0 radical (unpaired) electrons. The van der Waals surface area contributed by atoms with Crippen LogP contribution in [0, 0.1) is 6.92 Å². The molecule has 5 heteroatoms. The van der Waals surface area contributed by atoms with E-state index < -0.39 is 11.5 Å². The van der Waals surface area contributed by atoms with E-state index in [9.17, 15) is 9.59 Å². The minimum atomic E-state index is -0.643. The fourth-order valence-electron chi connectivity index (χ4n) is 2.41. The van der Waals surface area contributed by atoms with Crippen molar-refractivity contribution in [2.24, 2.45) is 0 Å². The molecule has 0 spiro atoms. The molecule has 0 unspecified atom stereocenters. The van der Waals surface area contributed by atoms with Crippen LogP contribution in [0.4, 0.5) is 5.69 Å². The fraction of sp³-hybridized carbons (Fsp3) is 0.100. The van der Waals surface area contributed by atoms with Crippen molar-refractivity contribution in [2.75, 3.05) is 11.6 Å². The molecule has 0 aliphatic rings. The van der Waals surface area contributed by atoms with Gasteiger partial charge in [0, 0.05) is 16.1 Å². The lowest BCUT2D eigenvalue weighted by atomic mass is 10.1. The summed E-state index contributed by atoms with van der Waals surface area (Å²) in [6, 6.07) is 18.4. The molecule has 3 rings (SSSR count). The van der Waals surface area contributed by atoms with Crippen LogP contribution in [0.3, 0.4) is 0 Å². The molecule has 1 aromatic heterocycles. The van der Waals surface area contributed by atoms with E-state index in [1.807, 2.05) is 55.6 Å². The Bertz CT molecular complexity index is 947. The third-order valence-corrected chi connectivity index (χ3v) is 4.49. The van der Waals surface area contributed by atoms with Crippen molar-refractivity contribution in [3.63, 3.8) is 0 Å². The van der Waals surface area contributed by atoms with Crippen molar-refractivity contribution in [1.82, 2.24) is 0 Å². The van der Waals surface area contributed by atoms with Gasteiger partial charge in [-0.2, -0.15) is 0 Å². The van der Waals surface area contributed by atoms with Crippen LogP contribution in [0.2, 0.25) is 0 Å². The van der Waals surface area contributed by atoms with Gasteiger partial charge in [0.1, 0.15) is 11.3 Å². The molecule has 25 heavy (non-hydrogen) atoms. The topological polar surface area (TPSA) is 59.3 Å². The van der Waals surface area contributed by atoms with Gasteiger partial charge < -0.3 is 9.73 Å². The lowest BCUT2D eigenvalue weighted by Crippen LogP contribution is -2.22. The average Bonchev–Trinajstić information content (AvgIpc) is 2.63. The van der Waals surface area contributed by atoms with Crippen LogP contribution < -0.4 is 10.9 Å². The molecule has 0 saturated heterocycles. The zero-order chi connectivity index (χ0) is 17.8. The van der Waals surface area contributed by atoms with Crippen molar-refractivity contribution in [1.29, 1.82) is 0 Å². The van der Waals surface area contributed by atoms with Crippen LogP contribution in [0.1, 0.15) is 15.9 Å². The largest absolute Gasteiger partial charge is 0.422 e. The maximum atomic E-state index is 12.6. The van der Waals surface area contributed by atoms with Crippen molar-refractivity contribution >= 4 is 23.4 Å². The highest BCUT2D eigenvalue weighted by Crippen LogP contribution is 2.26. The molecule has 0 aliphatic heterocycles. The Morgan fingerprint density at radius 2 is 1.72 bits per heavy atom. The highest BCUT2D eigenvalue weighted by molar-refractivity contribution is 7.98. The number of carbonyl (C=O) groups excluding carboxylic acids is 1. The first kappa shape index (κ1) is 17.0. The van der Waals surface area contributed by atoms with Crippen LogP contribution >= 0.6 is 11.8 Å².